The maximum Gasteiger partial charge on any atom is 0.126 e. The van der Waals surface area contributed by atoms with Crippen molar-refractivity contribution in [1.82, 2.24) is 0 Å². The number of aliphatic hydroxyl groups is 1. The minimum Gasteiger partial charge on any atom is -0.396 e. The molecular weight excluding hydrogens is 203 g/mol. The molecule has 2 rings (SSSR count). The van der Waals surface area contributed by atoms with E-state index in [1.165, 1.54) is 6.07 Å². The van der Waals surface area contributed by atoms with Gasteiger partial charge in [-0.1, -0.05) is 26.0 Å². The molecule has 1 unspecified atom stereocenters. The zero-order chi connectivity index (χ0) is 11.8. The minimum absolute atomic E-state index is 0.103. The summed E-state index contributed by atoms with van der Waals surface area (Å²) in [5.74, 6) is 0.0335. The molecule has 1 aromatic rings. The predicted octanol–water partition coefficient (Wildman–Crippen LogP) is 3.26. The van der Waals surface area contributed by atoms with Gasteiger partial charge in [0, 0.05) is 6.61 Å². The second-order valence-corrected chi connectivity index (χ2v) is 5.40. The van der Waals surface area contributed by atoms with Crippen LogP contribution in [0.3, 0.4) is 0 Å². The monoisotopic (exact) mass is 222 g/mol. The van der Waals surface area contributed by atoms with Crippen LogP contribution in [0.1, 0.15) is 43.7 Å². The van der Waals surface area contributed by atoms with Crippen LogP contribution >= 0.6 is 0 Å². The Hall–Kier alpha value is -0.890. The second kappa shape index (κ2) is 4.17. The Balaban J connectivity index is 2.47. The number of rotatable bonds is 2. The van der Waals surface area contributed by atoms with E-state index in [1.807, 2.05) is 19.9 Å². The van der Waals surface area contributed by atoms with Gasteiger partial charge in [0.2, 0.25) is 0 Å². The highest BCUT2D eigenvalue weighted by atomic mass is 19.1. The largest absolute Gasteiger partial charge is 0.396 e. The van der Waals surface area contributed by atoms with Gasteiger partial charge in [0.15, 0.2) is 0 Å². The van der Waals surface area contributed by atoms with Crippen LogP contribution in [0.25, 0.3) is 0 Å². The second-order valence-electron chi connectivity index (χ2n) is 5.40. The number of aliphatic hydroxyl groups excluding tert-OH is 1. The smallest absolute Gasteiger partial charge is 0.126 e. The highest BCUT2D eigenvalue weighted by molar-refractivity contribution is 5.35. The summed E-state index contributed by atoms with van der Waals surface area (Å²) in [5.41, 5.74) is 1.72. The highest BCUT2D eigenvalue weighted by Crippen LogP contribution is 2.44. The fraction of sp³-hybridized carbons (Fsp3) is 0.571. The summed E-state index contributed by atoms with van der Waals surface area (Å²) in [7, 11) is 0. The zero-order valence-electron chi connectivity index (χ0n) is 9.96. The van der Waals surface area contributed by atoms with Crippen molar-refractivity contribution < 1.29 is 9.50 Å². The van der Waals surface area contributed by atoms with Gasteiger partial charge in [0.05, 0.1) is 0 Å². The topological polar surface area (TPSA) is 20.2 Å². The van der Waals surface area contributed by atoms with Crippen LogP contribution in [0.2, 0.25) is 0 Å². The summed E-state index contributed by atoms with van der Waals surface area (Å²) in [6.07, 6.45) is 3.02. The van der Waals surface area contributed by atoms with E-state index in [0.29, 0.717) is 0 Å². The van der Waals surface area contributed by atoms with E-state index >= 15 is 0 Å². The van der Waals surface area contributed by atoms with Crippen LogP contribution < -0.4 is 0 Å². The first-order valence-corrected chi connectivity index (χ1v) is 5.94. The Bertz CT molecular complexity index is 384. The van der Waals surface area contributed by atoms with Crippen molar-refractivity contribution in [2.45, 2.75) is 39.0 Å². The maximum atomic E-state index is 13.9. The van der Waals surface area contributed by atoms with E-state index < -0.39 is 0 Å². The molecule has 0 saturated heterocycles. The van der Waals surface area contributed by atoms with Crippen LogP contribution in [-0.2, 0) is 6.42 Å². The van der Waals surface area contributed by atoms with Crippen LogP contribution in [0.4, 0.5) is 4.39 Å². The molecule has 0 aromatic heterocycles. The van der Waals surface area contributed by atoms with Crippen molar-refractivity contribution in [1.29, 1.82) is 0 Å². The number of aryl methyl sites for hydroxylation is 1. The van der Waals surface area contributed by atoms with E-state index in [1.54, 1.807) is 6.07 Å². The zero-order valence-corrected chi connectivity index (χ0v) is 9.96. The van der Waals surface area contributed by atoms with Crippen molar-refractivity contribution in [3.8, 4) is 0 Å². The van der Waals surface area contributed by atoms with E-state index in [4.69, 9.17) is 0 Å². The molecule has 0 saturated carbocycles. The summed E-state index contributed by atoms with van der Waals surface area (Å²) in [5, 5.41) is 9.44. The lowest BCUT2D eigenvalue weighted by atomic mass is 9.68. The van der Waals surface area contributed by atoms with Gasteiger partial charge in [-0.15, -0.1) is 0 Å². The van der Waals surface area contributed by atoms with E-state index in [-0.39, 0.29) is 23.8 Å². The third-order valence-electron chi connectivity index (χ3n) is 3.78. The number of hydrogen-bond acceptors (Lipinski definition) is 1. The van der Waals surface area contributed by atoms with Gasteiger partial charge in [-0.3, -0.25) is 0 Å². The summed E-state index contributed by atoms with van der Waals surface area (Å²) >= 11 is 0. The molecule has 1 N–H and O–H groups in total. The normalized spacial score (nSPS) is 20.6. The van der Waals surface area contributed by atoms with Gasteiger partial charge in [0.1, 0.15) is 5.82 Å². The molecular formula is C14H19FO. The first kappa shape index (κ1) is 11.6. The number of halogens is 1. The molecule has 0 aliphatic heterocycles. The quantitative estimate of drug-likeness (QED) is 0.814. The molecule has 0 heterocycles. The Kier molecular flexibility index (Phi) is 3.02. The molecule has 0 spiro atoms. The molecule has 0 fully saturated rings. The number of hydrogen-bond donors (Lipinski definition) is 1. The molecule has 1 atom stereocenters. The highest BCUT2D eigenvalue weighted by Gasteiger charge is 2.35. The molecule has 1 aliphatic rings. The van der Waals surface area contributed by atoms with Crippen LogP contribution in [0.15, 0.2) is 18.2 Å². The van der Waals surface area contributed by atoms with Gasteiger partial charge < -0.3 is 5.11 Å². The first-order chi connectivity index (χ1) is 7.56. The molecule has 1 nitrogen and oxygen atoms in total. The predicted molar refractivity (Wildman–Crippen MR) is 62.9 cm³/mol. The number of fused-ring (bicyclic) bond motifs is 1. The summed E-state index contributed by atoms with van der Waals surface area (Å²) in [4.78, 5) is 0. The fourth-order valence-corrected chi connectivity index (χ4v) is 2.72. The fourth-order valence-electron chi connectivity index (χ4n) is 2.72. The van der Waals surface area contributed by atoms with Crippen molar-refractivity contribution in [3.63, 3.8) is 0 Å². The molecule has 1 aromatic carbocycles. The molecule has 0 bridgehead atoms. The minimum atomic E-state index is -0.239. The van der Waals surface area contributed by atoms with E-state index in [9.17, 15) is 9.50 Å². The lowest BCUT2D eigenvalue weighted by Gasteiger charge is -2.37. The van der Waals surface area contributed by atoms with Gasteiger partial charge in [-0.05, 0) is 47.8 Å². The van der Waals surface area contributed by atoms with Gasteiger partial charge in [0.25, 0.3) is 0 Å². The van der Waals surface area contributed by atoms with E-state index in [2.05, 4.69) is 0 Å². The molecule has 16 heavy (non-hydrogen) atoms. The van der Waals surface area contributed by atoms with Crippen molar-refractivity contribution in [2.75, 3.05) is 6.61 Å². The average molecular weight is 222 g/mol. The Morgan fingerprint density at radius 2 is 2.19 bits per heavy atom. The molecule has 88 valence electrons. The maximum absolute atomic E-state index is 13.9. The average Bonchev–Trinajstić information content (AvgIpc) is 2.29. The summed E-state index contributed by atoms with van der Waals surface area (Å²) < 4.78 is 13.9. The number of benzene rings is 1. The van der Waals surface area contributed by atoms with Gasteiger partial charge in [-0.2, -0.15) is 0 Å². The summed E-state index contributed by atoms with van der Waals surface area (Å²) in [6, 6.07) is 5.32. The van der Waals surface area contributed by atoms with Crippen molar-refractivity contribution >= 4 is 0 Å². The Labute approximate surface area is 96.3 Å². The van der Waals surface area contributed by atoms with Crippen LogP contribution in [0.5, 0.6) is 0 Å². The first-order valence-electron chi connectivity index (χ1n) is 5.94. The van der Waals surface area contributed by atoms with Gasteiger partial charge in [-0.25, -0.2) is 4.39 Å². The van der Waals surface area contributed by atoms with Crippen molar-refractivity contribution in [2.24, 2.45) is 5.41 Å². The third-order valence-corrected chi connectivity index (χ3v) is 3.78. The standard InChI is InChI=1S/C14H19FO/c1-14(2,9-16)11-7-3-5-10-6-4-8-12(15)13(10)11/h4,6,8,11,16H,3,5,7,9H2,1-2H3. The van der Waals surface area contributed by atoms with E-state index in [0.717, 1.165) is 30.4 Å². The molecule has 0 amide bonds. The lowest BCUT2D eigenvalue weighted by Crippen LogP contribution is -2.30. The summed E-state index contributed by atoms with van der Waals surface area (Å²) in [6.45, 7) is 4.13. The molecule has 1 aliphatic carbocycles. The van der Waals surface area contributed by atoms with Crippen molar-refractivity contribution in [3.05, 3.63) is 35.1 Å². The SMILES string of the molecule is CC(C)(CO)C1CCCc2cccc(F)c21. The van der Waals surface area contributed by atoms with Gasteiger partial charge >= 0.3 is 0 Å². The lowest BCUT2D eigenvalue weighted by molar-refractivity contribution is 0.120. The molecule has 0 radical (unpaired) electrons. The van der Waals surface area contributed by atoms with Crippen LogP contribution in [0, 0.1) is 11.2 Å². The Morgan fingerprint density at radius 1 is 1.44 bits per heavy atom. The Morgan fingerprint density at radius 3 is 2.88 bits per heavy atom. The van der Waals surface area contributed by atoms with Crippen LogP contribution in [-0.4, -0.2) is 11.7 Å². The third kappa shape index (κ3) is 1.86. The molecule has 2 heteroatoms.